The molecule has 3 rings (SSSR count). The van der Waals surface area contributed by atoms with Crippen LogP contribution in [0.15, 0.2) is 35.5 Å². The number of halogens is 4. The molecule has 6 nitrogen and oxygen atoms in total. The molecule has 0 spiro atoms. The van der Waals surface area contributed by atoms with Crippen molar-refractivity contribution in [2.45, 2.75) is 12.5 Å². The summed E-state index contributed by atoms with van der Waals surface area (Å²) in [5, 5.41) is 0.309. The highest BCUT2D eigenvalue weighted by molar-refractivity contribution is 7.89. The zero-order valence-corrected chi connectivity index (χ0v) is 16.9. The largest absolute Gasteiger partial charge is 0.369 e. The molecule has 2 heterocycles. The molecule has 1 aliphatic heterocycles. The molecule has 11 heteroatoms. The highest BCUT2D eigenvalue weighted by Gasteiger charge is 2.42. The van der Waals surface area contributed by atoms with E-state index in [2.05, 4.69) is 9.98 Å². The van der Waals surface area contributed by atoms with Crippen molar-refractivity contribution in [3.05, 3.63) is 63.9 Å². The van der Waals surface area contributed by atoms with Gasteiger partial charge < -0.3 is 5.73 Å². The van der Waals surface area contributed by atoms with Gasteiger partial charge in [-0.1, -0.05) is 11.6 Å². The number of nitrogens with zero attached hydrogens (tertiary/aromatic N) is 3. The topological polar surface area (TPSA) is 88.7 Å². The minimum Gasteiger partial charge on any atom is -0.369 e. The number of hydrogen-bond acceptors (Lipinski definition) is 5. The molecule has 0 saturated carbocycles. The number of hydrogen-bond donors (Lipinski definition) is 1. The highest BCUT2D eigenvalue weighted by atomic mass is 35.5. The zero-order chi connectivity index (χ0) is 21.6. The van der Waals surface area contributed by atoms with Gasteiger partial charge >= 0.3 is 0 Å². The van der Waals surface area contributed by atoms with Crippen LogP contribution < -0.4 is 5.73 Å². The molecule has 1 aromatic carbocycles. The maximum absolute atomic E-state index is 14.6. The van der Waals surface area contributed by atoms with Gasteiger partial charge in [0.1, 0.15) is 11.4 Å². The van der Waals surface area contributed by atoms with Crippen LogP contribution in [0.4, 0.5) is 13.2 Å². The van der Waals surface area contributed by atoms with E-state index in [1.807, 2.05) is 0 Å². The number of benzene rings is 1. The number of pyridine rings is 1. The van der Waals surface area contributed by atoms with Crippen molar-refractivity contribution >= 4 is 39.5 Å². The lowest BCUT2D eigenvalue weighted by Crippen LogP contribution is -2.50. The van der Waals surface area contributed by atoms with E-state index in [1.54, 1.807) is 0 Å². The normalized spacial score (nSPS) is 21.8. The smallest absolute Gasteiger partial charge is 0.239 e. The van der Waals surface area contributed by atoms with Crippen LogP contribution >= 0.6 is 11.6 Å². The summed E-state index contributed by atoms with van der Waals surface area (Å²) in [6.07, 6.45) is 2.19. The van der Waals surface area contributed by atoms with Crippen LogP contribution in [0.25, 0.3) is 11.9 Å². The van der Waals surface area contributed by atoms with Gasteiger partial charge in [-0.25, -0.2) is 30.9 Å². The molecule has 29 heavy (non-hydrogen) atoms. The lowest BCUT2D eigenvalue weighted by molar-refractivity contribution is 0.435. The van der Waals surface area contributed by atoms with Crippen molar-refractivity contribution in [3.8, 4) is 0 Å². The first-order chi connectivity index (χ1) is 13.4. The molecule has 1 aromatic heterocycles. The Morgan fingerprint density at radius 3 is 2.62 bits per heavy atom. The molecule has 0 unspecified atom stereocenters. The van der Waals surface area contributed by atoms with Gasteiger partial charge in [-0.05, 0) is 42.8 Å². The predicted octanol–water partition coefficient (Wildman–Crippen LogP) is 3.29. The van der Waals surface area contributed by atoms with E-state index in [-0.39, 0.29) is 22.8 Å². The van der Waals surface area contributed by atoms with Gasteiger partial charge in [0.2, 0.25) is 16.0 Å². The van der Waals surface area contributed by atoms with Crippen LogP contribution in [0.2, 0.25) is 5.02 Å². The molecule has 1 aliphatic rings. The van der Waals surface area contributed by atoms with Gasteiger partial charge in [0.25, 0.3) is 0 Å². The van der Waals surface area contributed by atoms with E-state index < -0.39 is 38.8 Å². The summed E-state index contributed by atoms with van der Waals surface area (Å²) in [4.78, 5) is 7.86. The zero-order valence-electron chi connectivity index (χ0n) is 15.3. The van der Waals surface area contributed by atoms with Crippen LogP contribution in [0, 0.1) is 11.6 Å². The minimum absolute atomic E-state index is 0.0422. The number of guanidine groups is 1. The maximum Gasteiger partial charge on any atom is 0.239 e. The molecule has 0 amide bonds. The van der Waals surface area contributed by atoms with E-state index in [0.717, 1.165) is 22.5 Å². The molecule has 2 N–H and O–H groups in total. The van der Waals surface area contributed by atoms with Crippen molar-refractivity contribution in [2.24, 2.45) is 10.7 Å². The fraction of sp³-hybridized carbons (Fsp3) is 0.222. The SMILES string of the molecule is CN1C(N)=N[C@](C)(c2cc(/C=C(/F)c3ccc(Cl)cn3)cc(F)c2F)CS1(=O)=O. The van der Waals surface area contributed by atoms with Crippen LogP contribution in [0.1, 0.15) is 23.7 Å². The molecule has 1 atom stereocenters. The quantitative estimate of drug-likeness (QED) is 0.786. The number of aromatic nitrogens is 1. The van der Waals surface area contributed by atoms with Gasteiger partial charge in [0.05, 0.1) is 16.5 Å². The maximum atomic E-state index is 14.6. The number of rotatable bonds is 3. The molecule has 0 fully saturated rings. The van der Waals surface area contributed by atoms with Crippen molar-refractivity contribution in [1.82, 2.24) is 9.29 Å². The Bertz CT molecular complexity index is 1140. The van der Waals surface area contributed by atoms with Gasteiger partial charge in [0.15, 0.2) is 11.6 Å². The Hall–Kier alpha value is -2.59. The summed E-state index contributed by atoms with van der Waals surface area (Å²) in [6, 6.07) is 4.67. The molecule has 0 radical (unpaired) electrons. The van der Waals surface area contributed by atoms with Crippen LogP contribution in [0.5, 0.6) is 0 Å². The molecule has 0 bridgehead atoms. The van der Waals surface area contributed by atoms with E-state index >= 15 is 0 Å². The number of sulfonamides is 1. The summed E-state index contributed by atoms with van der Waals surface area (Å²) < 4.78 is 68.7. The lowest BCUT2D eigenvalue weighted by atomic mass is 9.92. The first kappa shape index (κ1) is 21.1. The Balaban J connectivity index is 2.11. The second-order valence-electron chi connectivity index (χ2n) is 6.69. The van der Waals surface area contributed by atoms with Crippen LogP contribution in [-0.2, 0) is 15.6 Å². The van der Waals surface area contributed by atoms with Crippen molar-refractivity contribution < 1.29 is 21.6 Å². The van der Waals surface area contributed by atoms with Crippen molar-refractivity contribution in [1.29, 1.82) is 0 Å². The monoisotopic (exact) mass is 444 g/mol. The lowest BCUT2D eigenvalue weighted by Gasteiger charge is -2.34. The first-order valence-corrected chi connectivity index (χ1v) is 10.2. The first-order valence-electron chi connectivity index (χ1n) is 8.23. The fourth-order valence-corrected chi connectivity index (χ4v) is 4.47. The van der Waals surface area contributed by atoms with Gasteiger partial charge in [-0.3, -0.25) is 4.98 Å². The third kappa shape index (κ3) is 4.08. The number of aliphatic imine (C=N–C) groups is 1. The standard InChI is InChI=1S/C18H16ClF3N4O2S/c1-18(9-29(27,28)26(2)17(23)25-18)12-5-10(7-14(21)16(12)22)6-13(20)15-4-3-11(19)8-24-15/h3-8H,9H2,1-2H3,(H2,23,25)/b13-6+/t18-/m0/s1. The molecular formula is C18H16ClF3N4O2S. The predicted molar refractivity (Wildman–Crippen MR) is 105 cm³/mol. The highest BCUT2D eigenvalue weighted by Crippen LogP contribution is 2.35. The molecular weight excluding hydrogens is 429 g/mol. The van der Waals surface area contributed by atoms with E-state index in [4.69, 9.17) is 17.3 Å². The third-order valence-corrected chi connectivity index (χ3v) is 6.63. The molecule has 0 aliphatic carbocycles. The molecule has 154 valence electrons. The Labute approximate surface area is 170 Å². The summed E-state index contributed by atoms with van der Waals surface area (Å²) in [7, 11) is -2.70. The number of nitrogens with two attached hydrogens (primary N) is 1. The van der Waals surface area contributed by atoms with Crippen molar-refractivity contribution in [2.75, 3.05) is 12.8 Å². The summed E-state index contributed by atoms with van der Waals surface area (Å²) >= 11 is 5.71. The fourth-order valence-electron chi connectivity index (χ4n) is 2.91. The second-order valence-corrected chi connectivity index (χ2v) is 9.12. The van der Waals surface area contributed by atoms with Gasteiger partial charge in [-0.2, -0.15) is 0 Å². The third-order valence-electron chi connectivity index (χ3n) is 4.46. The van der Waals surface area contributed by atoms with Gasteiger partial charge in [0, 0.05) is 18.8 Å². The van der Waals surface area contributed by atoms with Crippen LogP contribution in [0.3, 0.4) is 0 Å². The van der Waals surface area contributed by atoms with Crippen LogP contribution in [-0.4, -0.2) is 36.5 Å². The summed E-state index contributed by atoms with van der Waals surface area (Å²) in [6.45, 7) is 1.31. The Morgan fingerprint density at radius 1 is 1.34 bits per heavy atom. The van der Waals surface area contributed by atoms with Gasteiger partial charge in [-0.15, -0.1) is 0 Å². The van der Waals surface area contributed by atoms with E-state index in [0.29, 0.717) is 5.02 Å². The average Bonchev–Trinajstić information content (AvgIpc) is 2.62. The average molecular weight is 445 g/mol. The second kappa shape index (κ2) is 7.34. The van der Waals surface area contributed by atoms with E-state index in [9.17, 15) is 21.6 Å². The summed E-state index contributed by atoms with van der Waals surface area (Å²) in [5.74, 6) is -4.39. The Kier molecular flexibility index (Phi) is 5.35. The summed E-state index contributed by atoms with van der Waals surface area (Å²) in [5.41, 5.74) is 3.49. The minimum atomic E-state index is -3.90. The van der Waals surface area contributed by atoms with Crippen molar-refractivity contribution in [3.63, 3.8) is 0 Å². The molecule has 0 saturated heterocycles. The molecule has 2 aromatic rings. The Morgan fingerprint density at radius 2 is 2.03 bits per heavy atom. The van der Waals surface area contributed by atoms with E-state index in [1.165, 1.54) is 32.3 Å².